The summed E-state index contributed by atoms with van der Waals surface area (Å²) < 4.78 is 3.09. The minimum absolute atomic E-state index is 0.154. The predicted molar refractivity (Wildman–Crippen MR) is 74.7 cm³/mol. The Bertz CT molecular complexity index is 713. The Hall–Kier alpha value is -2.83. The van der Waals surface area contributed by atoms with Crippen LogP contribution in [-0.4, -0.2) is 26.7 Å². The third kappa shape index (κ3) is 2.33. The fourth-order valence-electron chi connectivity index (χ4n) is 1.92. The number of para-hydroxylation sites is 1. The molecule has 2 N–H and O–H groups in total. The lowest BCUT2D eigenvalue weighted by molar-refractivity contribution is -0.110. The molecule has 0 aliphatic carbocycles. The molecule has 104 valence electrons. The predicted octanol–water partition coefficient (Wildman–Crippen LogP) is 0.883. The maximum absolute atomic E-state index is 12.4. The summed E-state index contributed by atoms with van der Waals surface area (Å²) in [6.45, 7) is 1.71. The van der Waals surface area contributed by atoms with Gasteiger partial charge in [0.2, 0.25) is 0 Å². The summed E-state index contributed by atoms with van der Waals surface area (Å²) in [5, 5.41) is 13.3. The van der Waals surface area contributed by atoms with E-state index in [1.165, 1.54) is 4.68 Å². The molecule has 0 saturated carbocycles. The van der Waals surface area contributed by atoms with Gasteiger partial charge < -0.3 is 10.5 Å². The van der Waals surface area contributed by atoms with Crippen LogP contribution in [-0.2, 0) is 11.8 Å². The SMILES string of the molecule is Cc1c(NC(=O)C=NO)c(=O)n(-c2ccccc2)n1C. The lowest BCUT2D eigenvalue weighted by Crippen LogP contribution is -2.23. The van der Waals surface area contributed by atoms with Gasteiger partial charge in [-0.1, -0.05) is 23.4 Å². The Balaban J connectivity index is 2.53. The quantitative estimate of drug-likeness (QED) is 0.495. The normalized spacial score (nSPS) is 10.9. The van der Waals surface area contributed by atoms with E-state index >= 15 is 0 Å². The number of rotatable bonds is 3. The zero-order chi connectivity index (χ0) is 14.7. The first-order chi connectivity index (χ1) is 9.56. The zero-order valence-corrected chi connectivity index (χ0v) is 11.1. The Kier molecular flexibility index (Phi) is 3.69. The van der Waals surface area contributed by atoms with E-state index in [2.05, 4.69) is 10.5 Å². The van der Waals surface area contributed by atoms with E-state index in [-0.39, 0.29) is 11.2 Å². The van der Waals surface area contributed by atoms with Crippen LogP contribution in [0.25, 0.3) is 5.69 Å². The highest BCUT2D eigenvalue weighted by Crippen LogP contribution is 2.13. The largest absolute Gasteiger partial charge is 0.411 e. The minimum atomic E-state index is -0.668. The molecule has 2 rings (SSSR count). The number of benzene rings is 1. The maximum atomic E-state index is 12.4. The highest BCUT2D eigenvalue weighted by Gasteiger charge is 2.17. The van der Waals surface area contributed by atoms with Gasteiger partial charge in [-0.15, -0.1) is 0 Å². The van der Waals surface area contributed by atoms with Gasteiger partial charge in [-0.2, -0.15) is 0 Å². The summed E-state index contributed by atoms with van der Waals surface area (Å²) in [7, 11) is 1.72. The van der Waals surface area contributed by atoms with Crippen LogP contribution in [0.3, 0.4) is 0 Å². The molecule has 7 heteroatoms. The van der Waals surface area contributed by atoms with Crippen LogP contribution in [0.2, 0.25) is 0 Å². The molecule has 0 fully saturated rings. The van der Waals surface area contributed by atoms with Gasteiger partial charge in [0, 0.05) is 7.05 Å². The summed E-state index contributed by atoms with van der Waals surface area (Å²) >= 11 is 0. The van der Waals surface area contributed by atoms with Gasteiger partial charge in [-0.05, 0) is 19.1 Å². The topological polar surface area (TPSA) is 88.6 Å². The van der Waals surface area contributed by atoms with E-state index < -0.39 is 5.91 Å². The van der Waals surface area contributed by atoms with Gasteiger partial charge in [0.25, 0.3) is 11.5 Å². The Morgan fingerprint density at radius 1 is 1.35 bits per heavy atom. The van der Waals surface area contributed by atoms with Crippen molar-refractivity contribution in [3.8, 4) is 5.69 Å². The van der Waals surface area contributed by atoms with Crippen molar-refractivity contribution in [1.29, 1.82) is 0 Å². The van der Waals surface area contributed by atoms with Crippen molar-refractivity contribution in [2.75, 3.05) is 5.32 Å². The second-order valence-corrected chi connectivity index (χ2v) is 4.17. The molecule has 20 heavy (non-hydrogen) atoms. The first-order valence-electron chi connectivity index (χ1n) is 5.88. The molecule has 1 aromatic carbocycles. The number of carbonyl (C=O) groups excluding carboxylic acids is 1. The van der Waals surface area contributed by atoms with E-state index in [1.807, 2.05) is 18.2 Å². The Labute approximate surface area is 114 Å². The molecule has 1 aromatic heterocycles. The first-order valence-corrected chi connectivity index (χ1v) is 5.88. The third-order valence-corrected chi connectivity index (χ3v) is 2.98. The van der Waals surface area contributed by atoms with Crippen molar-refractivity contribution in [3.63, 3.8) is 0 Å². The number of amides is 1. The van der Waals surface area contributed by atoms with Crippen LogP contribution in [0.4, 0.5) is 5.69 Å². The number of hydrogen-bond acceptors (Lipinski definition) is 4. The number of carbonyl (C=O) groups is 1. The smallest absolute Gasteiger partial charge is 0.295 e. The second kappa shape index (κ2) is 5.43. The number of anilines is 1. The Morgan fingerprint density at radius 2 is 2.00 bits per heavy atom. The van der Waals surface area contributed by atoms with E-state index in [4.69, 9.17) is 5.21 Å². The average molecular weight is 274 g/mol. The van der Waals surface area contributed by atoms with Crippen molar-refractivity contribution in [2.24, 2.45) is 12.2 Å². The van der Waals surface area contributed by atoms with Crippen LogP contribution in [0.1, 0.15) is 5.69 Å². The van der Waals surface area contributed by atoms with Crippen LogP contribution in [0.5, 0.6) is 0 Å². The van der Waals surface area contributed by atoms with Crippen molar-refractivity contribution < 1.29 is 10.0 Å². The molecule has 0 bridgehead atoms. The molecule has 7 nitrogen and oxygen atoms in total. The summed E-state index contributed by atoms with van der Waals surface area (Å²) in [6.07, 6.45) is 0.693. The van der Waals surface area contributed by atoms with E-state index in [9.17, 15) is 9.59 Å². The molecule has 0 spiro atoms. The van der Waals surface area contributed by atoms with Gasteiger partial charge in [0.1, 0.15) is 11.9 Å². The summed E-state index contributed by atoms with van der Waals surface area (Å²) in [5.41, 5.74) is 1.09. The summed E-state index contributed by atoms with van der Waals surface area (Å²) in [5.74, 6) is -0.668. The average Bonchev–Trinajstić information content (AvgIpc) is 2.64. The minimum Gasteiger partial charge on any atom is -0.411 e. The molecule has 2 aromatic rings. The summed E-state index contributed by atoms with van der Waals surface area (Å²) in [4.78, 5) is 23.8. The second-order valence-electron chi connectivity index (χ2n) is 4.17. The van der Waals surface area contributed by atoms with Gasteiger partial charge in [0.05, 0.1) is 11.4 Å². The van der Waals surface area contributed by atoms with Crippen LogP contribution >= 0.6 is 0 Å². The zero-order valence-electron chi connectivity index (χ0n) is 11.1. The van der Waals surface area contributed by atoms with E-state index in [1.54, 1.807) is 30.8 Å². The number of oxime groups is 1. The number of aromatic nitrogens is 2. The molecule has 1 amide bonds. The van der Waals surface area contributed by atoms with Gasteiger partial charge in [0.15, 0.2) is 0 Å². The molecule has 0 atom stereocenters. The standard InChI is InChI=1S/C13H14N4O3/c1-9-12(15-11(18)8-14-20)13(19)17(16(9)2)10-6-4-3-5-7-10/h3-8,20H,1-2H3,(H,15,18). The first kappa shape index (κ1) is 13.6. The highest BCUT2D eigenvalue weighted by molar-refractivity contribution is 6.31. The van der Waals surface area contributed by atoms with Gasteiger partial charge in [-0.25, -0.2) is 4.68 Å². The molecule has 0 radical (unpaired) electrons. The number of nitrogens with zero attached hydrogens (tertiary/aromatic N) is 3. The lowest BCUT2D eigenvalue weighted by Gasteiger charge is -2.07. The molecule has 0 unspecified atom stereocenters. The van der Waals surface area contributed by atoms with Crippen LogP contribution in [0, 0.1) is 6.92 Å². The van der Waals surface area contributed by atoms with Crippen molar-refractivity contribution >= 4 is 17.8 Å². The van der Waals surface area contributed by atoms with Gasteiger partial charge >= 0.3 is 0 Å². The molecule has 0 aliphatic heterocycles. The van der Waals surface area contributed by atoms with Crippen LogP contribution in [0.15, 0.2) is 40.3 Å². The monoisotopic (exact) mass is 274 g/mol. The van der Waals surface area contributed by atoms with Crippen LogP contribution < -0.4 is 10.9 Å². The van der Waals surface area contributed by atoms with Crippen molar-refractivity contribution in [2.45, 2.75) is 6.92 Å². The molecule has 0 aliphatic rings. The molecule has 0 saturated heterocycles. The molecular formula is C13H14N4O3. The fourth-order valence-corrected chi connectivity index (χ4v) is 1.92. The van der Waals surface area contributed by atoms with E-state index in [0.29, 0.717) is 17.6 Å². The summed E-state index contributed by atoms with van der Waals surface area (Å²) in [6, 6.07) is 9.08. The van der Waals surface area contributed by atoms with Gasteiger partial charge in [-0.3, -0.25) is 14.3 Å². The number of hydrogen-bond donors (Lipinski definition) is 2. The molecule has 1 heterocycles. The maximum Gasteiger partial charge on any atom is 0.295 e. The fraction of sp³-hybridized carbons (Fsp3) is 0.154. The highest BCUT2D eigenvalue weighted by atomic mass is 16.4. The van der Waals surface area contributed by atoms with E-state index in [0.717, 1.165) is 0 Å². The Morgan fingerprint density at radius 3 is 2.60 bits per heavy atom. The third-order valence-electron chi connectivity index (χ3n) is 2.98. The lowest BCUT2D eigenvalue weighted by atomic mass is 10.3. The van der Waals surface area contributed by atoms with Crippen molar-refractivity contribution in [3.05, 3.63) is 46.4 Å². The number of nitrogens with one attached hydrogen (secondary N) is 1. The molecular weight excluding hydrogens is 260 g/mol. The van der Waals surface area contributed by atoms with Crippen molar-refractivity contribution in [1.82, 2.24) is 9.36 Å².